The first-order valence-corrected chi connectivity index (χ1v) is 13.2. The Hall–Kier alpha value is -3.27. The van der Waals surface area contributed by atoms with Crippen molar-refractivity contribution in [2.75, 3.05) is 17.2 Å². The normalized spacial score (nSPS) is 19.2. The Morgan fingerprint density at radius 3 is 2.83 bits per heavy atom. The summed E-state index contributed by atoms with van der Waals surface area (Å²) in [4.78, 5) is 31.3. The van der Waals surface area contributed by atoms with Crippen LogP contribution in [0.5, 0.6) is 0 Å². The Balaban J connectivity index is 0.00000267. The highest BCUT2D eigenvalue weighted by Crippen LogP contribution is 2.42. The summed E-state index contributed by atoms with van der Waals surface area (Å²) in [6.07, 6.45) is 12.0. The predicted molar refractivity (Wildman–Crippen MR) is 136 cm³/mol. The highest BCUT2D eigenvalue weighted by molar-refractivity contribution is 7.17. The van der Waals surface area contributed by atoms with Crippen LogP contribution in [0.1, 0.15) is 65.9 Å². The second-order valence-electron chi connectivity index (χ2n) is 9.96. The van der Waals surface area contributed by atoms with Gasteiger partial charge < -0.3 is 16.0 Å². The number of amides is 2. The van der Waals surface area contributed by atoms with Crippen LogP contribution in [-0.4, -0.2) is 38.1 Å². The number of aromatic nitrogens is 4. The van der Waals surface area contributed by atoms with Gasteiger partial charge in [0.05, 0.1) is 17.4 Å². The lowest BCUT2D eigenvalue weighted by Gasteiger charge is -2.25. The van der Waals surface area contributed by atoms with E-state index in [1.807, 2.05) is 19.2 Å². The van der Waals surface area contributed by atoms with Crippen molar-refractivity contribution in [3.63, 3.8) is 0 Å². The summed E-state index contributed by atoms with van der Waals surface area (Å²) < 4.78 is 2.05. The van der Waals surface area contributed by atoms with Crippen molar-refractivity contribution in [2.24, 2.45) is 11.8 Å². The molecule has 3 aliphatic rings. The number of nitrogens with zero attached hydrogens (tertiary/aromatic N) is 4. The average molecular weight is 494 g/mol. The number of hydrogen-bond acceptors (Lipinski definition) is 7. The molecule has 3 aromatic heterocycles. The minimum atomic E-state index is -0.0749. The van der Waals surface area contributed by atoms with Crippen molar-refractivity contribution < 1.29 is 11.0 Å². The zero-order valence-electron chi connectivity index (χ0n) is 19.7. The number of pyridine rings is 1. The van der Waals surface area contributed by atoms with Crippen LogP contribution in [0, 0.1) is 18.8 Å². The number of thiophene rings is 1. The molecule has 2 fully saturated rings. The molecule has 184 valence electrons. The molecule has 0 radical (unpaired) electrons. The van der Waals surface area contributed by atoms with Crippen molar-refractivity contribution in [1.29, 1.82) is 0 Å². The molecule has 0 saturated heterocycles. The van der Waals surface area contributed by atoms with E-state index in [1.54, 1.807) is 23.9 Å². The first-order chi connectivity index (χ1) is 17.0. The van der Waals surface area contributed by atoms with Gasteiger partial charge in [-0.15, -0.1) is 21.5 Å². The number of fused-ring (bicyclic) bond motifs is 1. The monoisotopic (exact) mass is 493 g/mol. The zero-order valence-corrected chi connectivity index (χ0v) is 20.5. The molecule has 0 aliphatic heterocycles. The zero-order chi connectivity index (χ0) is 23.9. The molecule has 6 rings (SSSR count). The summed E-state index contributed by atoms with van der Waals surface area (Å²) in [6.45, 7) is 2.70. The molecule has 3 aliphatic carbocycles. The number of anilines is 3. The van der Waals surface area contributed by atoms with Crippen LogP contribution in [0.2, 0.25) is 0 Å². The van der Waals surface area contributed by atoms with Gasteiger partial charge in [-0.2, -0.15) is 0 Å². The molecule has 2 saturated carbocycles. The van der Waals surface area contributed by atoms with Gasteiger partial charge in [0.15, 0.2) is 0 Å². The standard InChI is InChI=1S/C25H29N7O2S.H2/c1-14-8-17(12-26-10-14)29-25-31-28-13-32(25)18-6-7-20-19(9-18)21(23(34)27-11-15-2-3-15)24(35-20)30-22(33)16-4-5-16;/h8,10,12-13,15-16,18H,2-7,9,11H2,1H3,(H,27,34)(H,29,31)(H,30,33);1H/t18-;/m0./s1. The summed E-state index contributed by atoms with van der Waals surface area (Å²) in [5.74, 6) is 1.30. The van der Waals surface area contributed by atoms with E-state index in [0.717, 1.165) is 42.5 Å². The Labute approximate surface area is 209 Å². The van der Waals surface area contributed by atoms with E-state index in [0.29, 0.717) is 35.4 Å². The molecule has 3 aromatic rings. The third-order valence-electron chi connectivity index (χ3n) is 6.99. The molecule has 0 bridgehead atoms. The van der Waals surface area contributed by atoms with Crippen LogP contribution in [-0.2, 0) is 17.6 Å². The van der Waals surface area contributed by atoms with Crippen molar-refractivity contribution in [1.82, 2.24) is 25.1 Å². The van der Waals surface area contributed by atoms with Gasteiger partial charge in [0.25, 0.3) is 5.91 Å². The van der Waals surface area contributed by atoms with E-state index in [-0.39, 0.29) is 25.2 Å². The molecule has 10 heteroatoms. The third-order valence-corrected chi connectivity index (χ3v) is 8.20. The van der Waals surface area contributed by atoms with E-state index in [4.69, 9.17) is 0 Å². The van der Waals surface area contributed by atoms with Crippen LogP contribution in [0.3, 0.4) is 0 Å². The lowest BCUT2D eigenvalue weighted by atomic mass is 9.91. The van der Waals surface area contributed by atoms with Crippen LogP contribution >= 0.6 is 11.3 Å². The molecule has 0 spiro atoms. The van der Waals surface area contributed by atoms with Crippen molar-refractivity contribution in [3.05, 3.63) is 46.4 Å². The Bertz CT molecular complexity index is 1280. The van der Waals surface area contributed by atoms with Crippen molar-refractivity contribution in [3.8, 4) is 0 Å². The van der Waals surface area contributed by atoms with Gasteiger partial charge >= 0.3 is 0 Å². The third kappa shape index (κ3) is 4.80. The maximum atomic E-state index is 13.3. The fourth-order valence-corrected chi connectivity index (χ4v) is 5.93. The first-order valence-electron chi connectivity index (χ1n) is 12.4. The lowest BCUT2D eigenvalue weighted by Crippen LogP contribution is -2.28. The van der Waals surface area contributed by atoms with Gasteiger partial charge in [-0.1, -0.05) is 0 Å². The maximum absolute atomic E-state index is 13.3. The molecular formula is C25H31N7O2S. The highest BCUT2D eigenvalue weighted by atomic mass is 32.1. The molecule has 1 atom stereocenters. The molecule has 3 heterocycles. The molecule has 3 N–H and O–H groups in total. The van der Waals surface area contributed by atoms with Gasteiger partial charge in [0.2, 0.25) is 11.9 Å². The summed E-state index contributed by atoms with van der Waals surface area (Å²) in [7, 11) is 0. The van der Waals surface area contributed by atoms with Crippen molar-refractivity contribution in [2.45, 2.75) is 57.9 Å². The Kier molecular flexibility index (Phi) is 5.75. The van der Waals surface area contributed by atoms with Gasteiger partial charge in [0.1, 0.15) is 11.3 Å². The fourth-order valence-electron chi connectivity index (χ4n) is 4.69. The molecule has 0 aromatic carbocycles. The van der Waals surface area contributed by atoms with Crippen LogP contribution in [0.15, 0.2) is 24.8 Å². The molecule has 35 heavy (non-hydrogen) atoms. The quantitative estimate of drug-likeness (QED) is 0.432. The van der Waals surface area contributed by atoms with E-state index >= 15 is 0 Å². The Morgan fingerprint density at radius 1 is 1.20 bits per heavy atom. The largest absolute Gasteiger partial charge is 0.352 e. The molecule has 2 amide bonds. The van der Waals surface area contributed by atoms with E-state index < -0.39 is 0 Å². The van der Waals surface area contributed by atoms with Gasteiger partial charge in [0, 0.05) is 31.0 Å². The molecular weight excluding hydrogens is 462 g/mol. The SMILES string of the molecule is Cc1cncc(Nc2nncn2[C@H]2CCc3sc(NC(=O)C4CC4)c(C(=O)NCC4CC4)c3C2)c1.[HH]. The number of nitrogens with one attached hydrogen (secondary N) is 3. The average Bonchev–Trinajstić information content (AvgIpc) is 3.77. The second kappa shape index (κ2) is 9.07. The van der Waals surface area contributed by atoms with Crippen LogP contribution in [0.4, 0.5) is 16.6 Å². The van der Waals surface area contributed by atoms with Gasteiger partial charge in [-0.05, 0) is 75.0 Å². The number of carbonyl (C=O) groups is 2. The van der Waals surface area contributed by atoms with Gasteiger partial charge in [-0.25, -0.2) is 0 Å². The van der Waals surface area contributed by atoms with E-state index in [9.17, 15) is 9.59 Å². The smallest absolute Gasteiger partial charge is 0.254 e. The van der Waals surface area contributed by atoms with Crippen LogP contribution in [0.25, 0.3) is 0 Å². The summed E-state index contributed by atoms with van der Waals surface area (Å²) in [5.41, 5.74) is 3.61. The minimum Gasteiger partial charge on any atom is -0.352 e. The van der Waals surface area contributed by atoms with Crippen molar-refractivity contribution >= 4 is 39.8 Å². The second-order valence-corrected chi connectivity index (χ2v) is 11.1. The lowest BCUT2D eigenvalue weighted by molar-refractivity contribution is -0.117. The summed E-state index contributed by atoms with van der Waals surface area (Å²) in [5, 5.41) is 18.7. The summed E-state index contributed by atoms with van der Waals surface area (Å²) in [6, 6.07) is 2.12. The fraction of sp³-hybridized carbons (Fsp3) is 0.480. The molecule has 0 unspecified atom stereocenters. The van der Waals surface area contributed by atoms with Crippen LogP contribution < -0.4 is 16.0 Å². The molecule has 9 nitrogen and oxygen atoms in total. The van der Waals surface area contributed by atoms with Gasteiger partial charge in [-0.3, -0.25) is 19.1 Å². The number of hydrogen-bond donors (Lipinski definition) is 3. The first kappa shape index (κ1) is 22.2. The number of aryl methyl sites for hydroxylation is 2. The van der Waals surface area contributed by atoms with E-state index in [2.05, 4.69) is 35.7 Å². The highest BCUT2D eigenvalue weighted by Gasteiger charge is 2.35. The number of carbonyl (C=O) groups excluding carboxylic acids is 2. The van der Waals surface area contributed by atoms with E-state index in [1.165, 1.54) is 17.7 Å². The number of rotatable bonds is 8. The minimum absolute atomic E-state index is 0. The maximum Gasteiger partial charge on any atom is 0.254 e. The predicted octanol–water partition coefficient (Wildman–Crippen LogP) is 4.25. The Morgan fingerprint density at radius 2 is 2.06 bits per heavy atom. The topological polar surface area (TPSA) is 114 Å². The summed E-state index contributed by atoms with van der Waals surface area (Å²) >= 11 is 1.56.